The van der Waals surface area contributed by atoms with Gasteiger partial charge in [0.25, 0.3) is 11.8 Å². The molecule has 1 unspecified atom stereocenters. The Morgan fingerprint density at radius 1 is 0.745 bits per heavy atom. The molecule has 2 bridgehead atoms. The minimum Gasteiger partial charge on any atom is -0.508 e. The van der Waals surface area contributed by atoms with Crippen LogP contribution in [0.3, 0.4) is 0 Å². The number of carbonyl (C=O) groups is 3. The summed E-state index contributed by atoms with van der Waals surface area (Å²) in [5.74, 6) is -0.0423. The minimum absolute atomic E-state index is 0.279. The highest BCUT2D eigenvalue weighted by molar-refractivity contribution is 6.23. The molecule has 8 heteroatoms. The van der Waals surface area contributed by atoms with Gasteiger partial charge in [-0.25, -0.2) is 0 Å². The SMILES string of the molecule is C=C1CCC(N2C(=O)c3ccc(N4C[C@H]5C[C@@H]4CN5CCCCCCc4ccc([C@@H]5c6ccc(O)cc6CC[C@@H]5c5ccccc5)cc4)cc3C2=O)C(=O)N1. The lowest BCUT2D eigenvalue weighted by molar-refractivity contribution is -0.125. The second-order valence-corrected chi connectivity index (χ2v) is 16.4. The van der Waals surface area contributed by atoms with Crippen LogP contribution in [0.4, 0.5) is 5.69 Å². The van der Waals surface area contributed by atoms with E-state index in [1.165, 1.54) is 53.5 Å². The van der Waals surface area contributed by atoms with E-state index in [9.17, 15) is 19.5 Å². The number of piperidine rings is 1. The number of nitrogens with zero attached hydrogens (tertiary/aromatic N) is 3. The number of anilines is 1. The molecule has 3 fully saturated rings. The Morgan fingerprint density at radius 3 is 2.33 bits per heavy atom. The summed E-state index contributed by atoms with van der Waals surface area (Å²) in [6, 6.07) is 31.9. The van der Waals surface area contributed by atoms with Crippen molar-refractivity contribution in [2.24, 2.45) is 0 Å². The molecule has 3 saturated heterocycles. The van der Waals surface area contributed by atoms with Crippen LogP contribution in [0.25, 0.3) is 0 Å². The van der Waals surface area contributed by atoms with Crippen molar-refractivity contribution in [2.45, 2.75) is 94.2 Å². The number of piperazine rings is 1. The third kappa shape index (κ3) is 6.75. The number of likely N-dealkylation sites (tertiary alicyclic amines) is 1. The molecule has 4 aromatic rings. The molecule has 1 aliphatic carbocycles. The highest BCUT2D eigenvalue weighted by Crippen LogP contribution is 2.47. The number of fused-ring (bicyclic) bond motifs is 4. The van der Waals surface area contributed by atoms with Crippen LogP contribution in [0.15, 0.2) is 103 Å². The van der Waals surface area contributed by atoms with Crippen LogP contribution in [0.5, 0.6) is 5.75 Å². The number of phenolic OH excluding ortho intramolecular Hbond substituents is 1. The first kappa shape index (κ1) is 35.5. The Hall–Kier alpha value is -5.21. The van der Waals surface area contributed by atoms with E-state index < -0.39 is 6.04 Å². The molecule has 5 atom stereocenters. The van der Waals surface area contributed by atoms with Crippen LogP contribution in [0.1, 0.15) is 112 Å². The van der Waals surface area contributed by atoms with E-state index in [0.717, 1.165) is 55.9 Å². The van der Waals surface area contributed by atoms with Crippen LogP contribution in [-0.2, 0) is 17.6 Å². The van der Waals surface area contributed by atoms with Gasteiger partial charge in [-0.2, -0.15) is 0 Å². The number of nitrogens with one attached hydrogen (secondary N) is 1. The van der Waals surface area contributed by atoms with Crippen molar-refractivity contribution in [2.75, 3.05) is 24.5 Å². The maximum absolute atomic E-state index is 13.4. The summed E-state index contributed by atoms with van der Waals surface area (Å²) in [5.41, 5.74) is 9.15. The molecular formula is C47H50N4O4. The van der Waals surface area contributed by atoms with Crippen LogP contribution < -0.4 is 10.2 Å². The summed E-state index contributed by atoms with van der Waals surface area (Å²) < 4.78 is 0. The number of aromatic hydroxyl groups is 1. The average Bonchev–Trinajstić information content (AvgIpc) is 3.87. The topological polar surface area (TPSA) is 93.2 Å². The standard InChI is InChI=1S/C47H50N4O4/c1-30-12-23-43(45(53)48-30)51-46(54)41-21-18-35(27-42(41)47(51)55)50-29-36-26-37(50)28-49(36)24-8-3-2-5-9-31-13-15-33(16-14-31)44-39(32-10-6-4-7-11-32)20-17-34-25-38(52)19-22-40(34)44/h4,6-7,10-11,13-16,18-19,21-22,25,27,36-37,39,43-44,52H,1-3,5,8-9,12,17,20,23-24,26,28-29H2,(H,48,53)/t36-,37-,39-,43?,44+/m1/s1. The highest BCUT2D eigenvalue weighted by Gasteiger charge is 2.46. The molecule has 0 aromatic heterocycles. The Kier molecular flexibility index (Phi) is 9.55. The largest absolute Gasteiger partial charge is 0.508 e. The molecule has 8 nitrogen and oxygen atoms in total. The van der Waals surface area contributed by atoms with E-state index in [-0.39, 0.29) is 23.6 Å². The van der Waals surface area contributed by atoms with Gasteiger partial charge >= 0.3 is 0 Å². The van der Waals surface area contributed by atoms with E-state index in [0.29, 0.717) is 53.4 Å². The van der Waals surface area contributed by atoms with Gasteiger partial charge < -0.3 is 15.3 Å². The lowest BCUT2D eigenvalue weighted by Crippen LogP contribution is -2.51. The Balaban J connectivity index is 0.744. The van der Waals surface area contributed by atoms with Gasteiger partial charge in [0.15, 0.2) is 0 Å². The average molecular weight is 735 g/mol. The van der Waals surface area contributed by atoms with Gasteiger partial charge in [-0.05, 0) is 122 Å². The molecule has 4 aromatic carbocycles. The van der Waals surface area contributed by atoms with Crippen LogP contribution >= 0.6 is 0 Å². The van der Waals surface area contributed by atoms with Crippen molar-refractivity contribution in [1.82, 2.24) is 15.1 Å². The number of phenols is 1. The van der Waals surface area contributed by atoms with E-state index in [2.05, 4.69) is 82.4 Å². The van der Waals surface area contributed by atoms with Crippen molar-refractivity contribution in [1.29, 1.82) is 0 Å². The molecule has 0 spiro atoms. The maximum Gasteiger partial charge on any atom is 0.262 e. The fourth-order valence-corrected chi connectivity index (χ4v) is 10.2. The lowest BCUT2D eigenvalue weighted by atomic mass is 9.69. The molecule has 3 amide bonds. The van der Waals surface area contributed by atoms with Crippen LogP contribution in [0.2, 0.25) is 0 Å². The minimum atomic E-state index is -0.790. The highest BCUT2D eigenvalue weighted by atomic mass is 16.3. The fraction of sp³-hybridized carbons (Fsp3) is 0.383. The summed E-state index contributed by atoms with van der Waals surface area (Å²) in [5, 5.41) is 12.9. The van der Waals surface area contributed by atoms with Crippen molar-refractivity contribution in [3.63, 3.8) is 0 Å². The van der Waals surface area contributed by atoms with E-state index >= 15 is 0 Å². The van der Waals surface area contributed by atoms with E-state index in [1.807, 2.05) is 24.3 Å². The summed E-state index contributed by atoms with van der Waals surface area (Å²) in [6.45, 7) is 6.89. The molecule has 282 valence electrons. The van der Waals surface area contributed by atoms with Gasteiger partial charge in [-0.3, -0.25) is 24.2 Å². The lowest BCUT2D eigenvalue weighted by Gasteiger charge is -2.35. The summed E-state index contributed by atoms with van der Waals surface area (Å²) in [7, 11) is 0. The van der Waals surface area contributed by atoms with Crippen LogP contribution in [0, 0.1) is 0 Å². The Bertz CT molecular complexity index is 2130. The molecule has 4 aliphatic heterocycles. The number of aryl methyl sites for hydroxylation is 2. The number of hydrogen-bond donors (Lipinski definition) is 2. The van der Waals surface area contributed by atoms with Crippen molar-refractivity contribution in [3.8, 4) is 5.75 Å². The maximum atomic E-state index is 13.4. The molecule has 4 heterocycles. The van der Waals surface area contributed by atoms with Crippen molar-refractivity contribution < 1.29 is 19.5 Å². The first-order valence-corrected chi connectivity index (χ1v) is 20.3. The number of unbranched alkanes of at least 4 members (excludes halogenated alkanes) is 3. The predicted molar refractivity (Wildman–Crippen MR) is 214 cm³/mol. The van der Waals surface area contributed by atoms with Gasteiger partial charge in [0.1, 0.15) is 11.8 Å². The van der Waals surface area contributed by atoms with Crippen molar-refractivity contribution in [3.05, 3.63) is 142 Å². The number of imide groups is 1. The third-order valence-electron chi connectivity index (χ3n) is 13.0. The summed E-state index contributed by atoms with van der Waals surface area (Å²) >= 11 is 0. The zero-order valence-electron chi connectivity index (χ0n) is 31.5. The van der Waals surface area contributed by atoms with Crippen LogP contribution in [-0.4, -0.2) is 70.4 Å². The number of benzene rings is 4. The zero-order valence-corrected chi connectivity index (χ0v) is 31.5. The monoisotopic (exact) mass is 734 g/mol. The number of amides is 3. The number of rotatable bonds is 11. The van der Waals surface area contributed by atoms with Crippen molar-refractivity contribution >= 4 is 23.4 Å². The number of hydrogen-bond acceptors (Lipinski definition) is 6. The third-order valence-corrected chi connectivity index (χ3v) is 13.0. The number of carbonyl (C=O) groups excluding carboxylic acids is 3. The second-order valence-electron chi connectivity index (χ2n) is 16.4. The second kappa shape index (κ2) is 14.8. The zero-order chi connectivity index (χ0) is 37.6. The first-order valence-electron chi connectivity index (χ1n) is 20.3. The smallest absolute Gasteiger partial charge is 0.262 e. The first-order chi connectivity index (χ1) is 26.8. The summed E-state index contributed by atoms with van der Waals surface area (Å²) in [4.78, 5) is 45.5. The normalized spacial score (nSPS) is 24.7. The van der Waals surface area contributed by atoms with E-state index in [4.69, 9.17) is 0 Å². The molecule has 0 saturated carbocycles. The van der Waals surface area contributed by atoms with Gasteiger partial charge in [0.05, 0.1) is 11.1 Å². The van der Waals surface area contributed by atoms with Gasteiger partial charge in [0, 0.05) is 42.5 Å². The molecule has 0 radical (unpaired) electrons. The number of allylic oxidation sites excluding steroid dienone is 1. The fourth-order valence-electron chi connectivity index (χ4n) is 10.2. The molecule has 2 N–H and O–H groups in total. The molecule has 55 heavy (non-hydrogen) atoms. The molecule has 9 rings (SSSR count). The molecule has 5 aliphatic rings. The Morgan fingerprint density at radius 2 is 1.55 bits per heavy atom. The predicted octanol–water partition coefficient (Wildman–Crippen LogP) is 7.71. The quantitative estimate of drug-likeness (QED) is 0.121. The summed E-state index contributed by atoms with van der Waals surface area (Å²) in [6.07, 6.45) is 10.1. The molecular weight excluding hydrogens is 685 g/mol. The van der Waals surface area contributed by atoms with Gasteiger partial charge in [-0.15, -0.1) is 0 Å². The van der Waals surface area contributed by atoms with E-state index in [1.54, 1.807) is 6.07 Å². The van der Waals surface area contributed by atoms with Gasteiger partial charge in [0.2, 0.25) is 5.91 Å². The van der Waals surface area contributed by atoms with Gasteiger partial charge in [-0.1, -0.05) is 80.1 Å². The Labute approximate surface area is 323 Å².